The van der Waals surface area contributed by atoms with Gasteiger partial charge in [-0.15, -0.1) is 0 Å². The fourth-order valence-corrected chi connectivity index (χ4v) is 12.4. The fourth-order valence-electron chi connectivity index (χ4n) is 7.03. The molecule has 0 aliphatic rings. The molecule has 0 saturated heterocycles. The van der Waals surface area contributed by atoms with E-state index in [2.05, 4.69) is 157 Å². The van der Waals surface area contributed by atoms with Gasteiger partial charge in [-0.1, -0.05) is 124 Å². The third-order valence-corrected chi connectivity index (χ3v) is 14.2. The maximum atomic E-state index is 9.47. The lowest BCUT2D eigenvalue weighted by Gasteiger charge is -2.25. The predicted octanol–water partition coefficient (Wildman–Crippen LogP) is 13.6. The maximum Gasteiger partial charge on any atom is 0.0991 e. The van der Waals surface area contributed by atoms with Gasteiger partial charge in [-0.05, 0) is 92.8 Å². The van der Waals surface area contributed by atoms with E-state index in [-0.39, 0.29) is 0 Å². The van der Waals surface area contributed by atoms with Crippen LogP contribution in [-0.2, 0) is 0 Å². The molecule has 0 amide bonds. The van der Waals surface area contributed by atoms with Gasteiger partial charge in [-0.2, -0.15) is 5.26 Å². The number of nitriles is 1. The smallest absolute Gasteiger partial charge is 0.0991 e. The van der Waals surface area contributed by atoms with Crippen molar-refractivity contribution in [1.29, 1.82) is 5.26 Å². The molecule has 0 aliphatic heterocycles. The Balaban J connectivity index is 1.36. The van der Waals surface area contributed by atoms with E-state index in [0.29, 0.717) is 5.56 Å². The SMILES string of the molecule is N#Cc1ccc(N(c2ccccc2)c2ccc3c4cc5c6ccccc6p(-c6ccccc6)c5cc4p(-c4ccccc4)c3c2)cc1. The molecule has 2 nitrogen and oxygen atoms in total. The van der Waals surface area contributed by atoms with Crippen molar-refractivity contribution in [2.45, 2.75) is 0 Å². The van der Waals surface area contributed by atoms with Gasteiger partial charge in [-0.3, -0.25) is 0 Å². The normalized spacial score (nSPS) is 12.1. The molecule has 2 aromatic heterocycles. The van der Waals surface area contributed by atoms with E-state index < -0.39 is 15.1 Å². The Morgan fingerprint density at radius 3 is 1.51 bits per heavy atom. The first kappa shape index (κ1) is 27.7. The molecule has 4 heteroatoms. The highest BCUT2D eigenvalue weighted by Crippen LogP contribution is 2.61. The summed E-state index contributed by atoms with van der Waals surface area (Å²) in [5.74, 6) is 0. The minimum Gasteiger partial charge on any atom is -0.310 e. The van der Waals surface area contributed by atoms with Crippen molar-refractivity contribution in [3.05, 3.63) is 175 Å². The van der Waals surface area contributed by atoms with Crippen LogP contribution in [0.15, 0.2) is 170 Å². The summed E-state index contributed by atoms with van der Waals surface area (Å²) < 4.78 is 0. The second-order valence-corrected chi connectivity index (χ2v) is 16.1. The number of rotatable bonds is 5. The summed E-state index contributed by atoms with van der Waals surface area (Å²) in [6.45, 7) is 0. The van der Waals surface area contributed by atoms with Gasteiger partial charge in [0.25, 0.3) is 0 Å². The number of benzene rings is 7. The van der Waals surface area contributed by atoms with Crippen LogP contribution in [0.4, 0.5) is 17.1 Å². The van der Waals surface area contributed by atoms with Crippen LogP contribution in [0.2, 0.25) is 0 Å². The zero-order valence-electron chi connectivity index (χ0n) is 25.5. The predicted molar refractivity (Wildman–Crippen MR) is 204 cm³/mol. The van der Waals surface area contributed by atoms with Crippen LogP contribution >= 0.6 is 15.1 Å². The Hall–Kier alpha value is -5.57. The Kier molecular flexibility index (Phi) is 6.69. The third kappa shape index (κ3) is 4.56. The van der Waals surface area contributed by atoms with Crippen molar-refractivity contribution < 1.29 is 0 Å². The van der Waals surface area contributed by atoms with Crippen molar-refractivity contribution in [3.63, 3.8) is 0 Å². The van der Waals surface area contributed by atoms with Gasteiger partial charge in [0.2, 0.25) is 0 Å². The lowest BCUT2D eigenvalue weighted by atomic mass is 10.1. The largest absolute Gasteiger partial charge is 0.310 e. The van der Waals surface area contributed by atoms with Crippen molar-refractivity contribution in [1.82, 2.24) is 0 Å². The van der Waals surface area contributed by atoms with Gasteiger partial charge >= 0.3 is 0 Å². The monoisotopic (exact) mass is 634 g/mol. The number of anilines is 3. The summed E-state index contributed by atoms with van der Waals surface area (Å²) in [4.78, 5) is 2.30. The van der Waals surface area contributed by atoms with E-state index in [0.717, 1.165) is 17.1 Å². The van der Waals surface area contributed by atoms with Gasteiger partial charge < -0.3 is 4.90 Å². The topological polar surface area (TPSA) is 27.0 Å². The van der Waals surface area contributed by atoms with Gasteiger partial charge in [-0.25, -0.2) is 0 Å². The molecule has 9 rings (SSSR count). The Morgan fingerprint density at radius 1 is 0.383 bits per heavy atom. The Labute approximate surface area is 275 Å². The molecule has 0 fully saturated rings. The molecule has 0 radical (unpaired) electrons. The van der Waals surface area contributed by atoms with Crippen LogP contribution in [0.3, 0.4) is 0 Å². The molecule has 2 heterocycles. The molecule has 7 aromatic carbocycles. The third-order valence-electron chi connectivity index (χ3n) is 9.10. The molecule has 47 heavy (non-hydrogen) atoms. The van der Waals surface area contributed by atoms with Crippen molar-refractivity contribution in [3.8, 4) is 16.7 Å². The van der Waals surface area contributed by atoms with Crippen LogP contribution in [0.5, 0.6) is 0 Å². The lowest BCUT2D eigenvalue weighted by molar-refractivity contribution is 1.29. The summed E-state index contributed by atoms with van der Waals surface area (Å²) in [6.07, 6.45) is 0. The summed E-state index contributed by atoms with van der Waals surface area (Å²) in [7, 11) is -1.43. The highest BCUT2D eigenvalue weighted by atomic mass is 31.1. The van der Waals surface area contributed by atoms with Crippen LogP contribution in [0.25, 0.3) is 52.6 Å². The van der Waals surface area contributed by atoms with Gasteiger partial charge in [0, 0.05) is 37.5 Å². The van der Waals surface area contributed by atoms with Crippen LogP contribution in [0.1, 0.15) is 5.56 Å². The highest BCUT2D eigenvalue weighted by Gasteiger charge is 2.21. The molecule has 0 spiro atoms. The number of hydrogen-bond donors (Lipinski definition) is 0. The average molecular weight is 635 g/mol. The van der Waals surface area contributed by atoms with Crippen molar-refractivity contribution >= 4 is 74.1 Å². The zero-order chi connectivity index (χ0) is 31.3. The zero-order valence-corrected chi connectivity index (χ0v) is 27.2. The highest BCUT2D eigenvalue weighted by molar-refractivity contribution is 7.69. The van der Waals surface area contributed by atoms with Crippen LogP contribution in [0, 0.1) is 11.3 Å². The lowest BCUT2D eigenvalue weighted by Crippen LogP contribution is -2.09. The molecule has 0 saturated carbocycles. The molecule has 9 aromatic rings. The molecule has 2 atom stereocenters. The summed E-state index contributed by atoms with van der Waals surface area (Å²) >= 11 is 0. The van der Waals surface area contributed by atoms with E-state index >= 15 is 0 Å². The number of hydrogen-bond acceptors (Lipinski definition) is 2. The number of para-hydroxylation sites is 1. The molecular formula is C43H28N2P2. The van der Waals surface area contributed by atoms with E-state index in [4.69, 9.17) is 0 Å². The first-order valence-corrected chi connectivity index (χ1v) is 18.4. The maximum absolute atomic E-state index is 9.47. The molecule has 0 N–H and O–H groups in total. The summed E-state index contributed by atoms with van der Waals surface area (Å²) in [5.41, 5.74) is 3.88. The first-order chi connectivity index (χ1) is 23.3. The minimum atomic E-state index is -0.788. The van der Waals surface area contributed by atoms with E-state index in [1.807, 2.05) is 24.3 Å². The Bertz CT molecular complexity index is 2610. The van der Waals surface area contributed by atoms with Crippen LogP contribution in [-0.4, -0.2) is 0 Å². The first-order valence-electron chi connectivity index (χ1n) is 15.8. The summed E-state index contributed by atoms with van der Waals surface area (Å²) in [5, 5.41) is 23.4. The average Bonchev–Trinajstić information content (AvgIpc) is 3.64. The number of fused-ring (bicyclic) bond motifs is 6. The van der Waals surface area contributed by atoms with E-state index in [1.165, 1.54) is 52.6 Å². The van der Waals surface area contributed by atoms with Crippen molar-refractivity contribution in [2.75, 3.05) is 4.90 Å². The van der Waals surface area contributed by atoms with Gasteiger partial charge in [0.15, 0.2) is 0 Å². The quantitative estimate of drug-likeness (QED) is 0.188. The fraction of sp³-hybridized carbons (Fsp3) is 0. The second-order valence-electron chi connectivity index (χ2n) is 11.8. The molecule has 0 bridgehead atoms. The van der Waals surface area contributed by atoms with Gasteiger partial charge in [0.05, 0.1) is 11.6 Å². The van der Waals surface area contributed by atoms with Gasteiger partial charge in [0.1, 0.15) is 0 Å². The standard InChI is InChI=1S/C43H28N2P2/c44-29-30-20-22-32(23-21-30)45(31-12-4-1-5-13-31)33-24-25-37-39-27-38-36-18-10-11-19-40(36)46(34-14-6-2-7-15-34)42(38)28-43(39)47(41(37)26-33)35-16-8-3-9-17-35/h1-28H. The number of nitrogens with zero attached hydrogens (tertiary/aromatic N) is 2. The Morgan fingerprint density at radius 2 is 0.872 bits per heavy atom. The molecule has 220 valence electrons. The molecule has 0 aliphatic carbocycles. The van der Waals surface area contributed by atoms with E-state index in [1.54, 1.807) is 0 Å². The van der Waals surface area contributed by atoms with Crippen LogP contribution < -0.4 is 4.90 Å². The molecule has 2 unspecified atom stereocenters. The molecular weight excluding hydrogens is 606 g/mol. The van der Waals surface area contributed by atoms with E-state index in [9.17, 15) is 5.26 Å². The minimum absolute atomic E-state index is 0.645. The summed E-state index contributed by atoms with van der Waals surface area (Å²) in [6, 6.07) is 63.9. The van der Waals surface area contributed by atoms with Crippen molar-refractivity contribution in [2.24, 2.45) is 0 Å². The second kappa shape index (κ2) is 11.3.